The van der Waals surface area contributed by atoms with Gasteiger partial charge < -0.3 is 15.5 Å². The van der Waals surface area contributed by atoms with Crippen molar-refractivity contribution < 1.29 is 4.74 Å². The van der Waals surface area contributed by atoms with E-state index < -0.39 is 5.56 Å². The van der Waals surface area contributed by atoms with Gasteiger partial charge in [0.15, 0.2) is 5.02 Å². The lowest BCUT2D eigenvalue weighted by Gasteiger charge is -2.07. The van der Waals surface area contributed by atoms with Gasteiger partial charge in [-0.05, 0) is 11.6 Å². The van der Waals surface area contributed by atoms with Gasteiger partial charge in [0.05, 0.1) is 12.9 Å². The summed E-state index contributed by atoms with van der Waals surface area (Å²) in [6, 6.07) is 7.53. The SMILES string of the molecule is Nc1ccccc1CCOc1nc[nH]c(=O)c1Cl. The first-order valence-corrected chi connectivity index (χ1v) is 5.75. The molecular formula is C12H12ClN3O2. The van der Waals surface area contributed by atoms with E-state index in [1.54, 1.807) is 0 Å². The van der Waals surface area contributed by atoms with Gasteiger partial charge in [-0.1, -0.05) is 29.8 Å². The lowest BCUT2D eigenvalue weighted by molar-refractivity contribution is 0.309. The summed E-state index contributed by atoms with van der Waals surface area (Å²) in [5, 5.41) is -0.0430. The second-order valence-electron chi connectivity index (χ2n) is 3.65. The van der Waals surface area contributed by atoms with Gasteiger partial charge in [-0.3, -0.25) is 4.79 Å². The lowest BCUT2D eigenvalue weighted by Crippen LogP contribution is -2.11. The quantitative estimate of drug-likeness (QED) is 0.824. The average Bonchev–Trinajstić information content (AvgIpc) is 2.37. The summed E-state index contributed by atoms with van der Waals surface area (Å²) in [4.78, 5) is 17.4. The normalized spacial score (nSPS) is 10.3. The van der Waals surface area contributed by atoms with E-state index in [-0.39, 0.29) is 10.9 Å². The summed E-state index contributed by atoms with van der Waals surface area (Å²) in [5.41, 5.74) is 7.08. The summed E-state index contributed by atoms with van der Waals surface area (Å²) >= 11 is 5.75. The Morgan fingerprint density at radius 1 is 1.39 bits per heavy atom. The highest BCUT2D eigenvalue weighted by Crippen LogP contribution is 2.16. The summed E-state index contributed by atoms with van der Waals surface area (Å²) in [6.45, 7) is 0.352. The molecule has 6 heteroatoms. The Balaban J connectivity index is 1.99. The summed E-state index contributed by atoms with van der Waals surface area (Å²) < 4.78 is 5.36. The number of hydrogen-bond acceptors (Lipinski definition) is 4. The molecule has 0 spiro atoms. The number of aromatic amines is 1. The van der Waals surface area contributed by atoms with Crippen LogP contribution in [0.25, 0.3) is 0 Å². The molecule has 2 aromatic rings. The van der Waals surface area contributed by atoms with Crippen LogP contribution < -0.4 is 16.0 Å². The molecule has 0 aliphatic rings. The summed E-state index contributed by atoms with van der Waals surface area (Å²) in [6.07, 6.45) is 1.87. The molecule has 0 radical (unpaired) electrons. The van der Waals surface area contributed by atoms with Gasteiger partial charge in [0.1, 0.15) is 0 Å². The predicted molar refractivity (Wildman–Crippen MR) is 69.9 cm³/mol. The molecule has 18 heavy (non-hydrogen) atoms. The molecule has 94 valence electrons. The topological polar surface area (TPSA) is 81.0 Å². The van der Waals surface area contributed by atoms with E-state index in [0.717, 1.165) is 5.56 Å². The minimum Gasteiger partial charge on any atom is -0.476 e. The number of nitrogens with zero attached hydrogens (tertiary/aromatic N) is 1. The molecule has 0 saturated heterocycles. The highest BCUT2D eigenvalue weighted by Gasteiger charge is 2.07. The maximum absolute atomic E-state index is 11.2. The Morgan fingerprint density at radius 2 is 2.17 bits per heavy atom. The molecule has 1 aromatic carbocycles. The van der Waals surface area contributed by atoms with Crippen LogP contribution in [0, 0.1) is 0 Å². The number of hydrogen-bond donors (Lipinski definition) is 2. The van der Waals surface area contributed by atoms with Crippen LogP contribution in [0.1, 0.15) is 5.56 Å². The van der Waals surface area contributed by atoms with Crippen molar-refractivity contribution in [2.75, 3.05) is 12.3 Å². The zero-order chi connectivity index (χ0) is 13.0. The third-order valence-corrected chi connectivity index (χ3v) is 2.76. The van der Waals surface area contributed by atoms with Crippen LogP contribution in [0.4, 0.5) is 5.69 Å². The third kappa shape index (κ3) is 2.81. The average molecular weight is 266 g/mol. The monoisotopic (exact) mass is 265 g/mol. The van der Waals surface area contributed by atoms with Crippen molar-refractivity contribution in [3.05, 3.63) is 51.5 Å². The minimum atomic E-state index is -0.416. The van der Waals surface area contributed by atoms with Crippen molar-refractivity contribution in [1.82, 2.24) is 9.97 Å². The van der Waals surface area contributed by atoms with Gasteiger partial charge >= 0.3 is 0 Å². The smallest absolute Gasteiger partial charge is 0.273 e. The van der Waals surface area contributed by atoms with Crippen molar-refractivity contribution in [3.63, 3.8) is 0 Å². The van der Waals surface area contributed by atoms with Gasteiger partial charge in [-0.25, -0.2) is 4.98 Å². The van der Waals surface area contributed by atoms with Crippen LogP contribution in [-0.4, -0.2) is 16.6 Å². The fourth-order valence-corrected chi connectivity index (χ4v) is 1.64. The van der Waals surface area contributed by atoms with Gasteiger partial charge in [0, 0.05) is 12.1 Å². The number of H-pyrrole nitrogens is 1. The number of nitrogens with one attached hydrogen (secondary N) is 1. The molecule has 5 nitrogen and oxygen atoms in total. The highest BCUT2D eigenvalue weighted by molar-refractivity contribution is 6.31. The number of benzene rings is 1. The van der Waals surface area contributed by atoms with Crippen LogP contribution in [0.2, 0.25) is 5.02 Å². The van der Waals surface area contributed by atoms with Crippen molar-refractivity contribution in [2.45, 2.75) is 6.42 Å². The van der Waals surface area contributed by atoms with Crippen LogP contribution in [0.5, 0.6) is 5.88 Å². The molecule has 3 N–H and O–H groups in total. The molecule has 0 aliphatic carbocycles. The van der Waals surface area contributed by atoms with E-state index in [1.165, 1.54) is 6.33 Å². The minimum absolute atomic E-state index is 0.0430. The second kappa shape index (κ2) is 5.55. The third-order valence-electron chi connectivity index (χ3n) is 2.43. The molecule has 0 fully saturated rings. The van der Waals surface area contributed by atoms with E-state index in [4.69, 9.17) is 22.1 Å². The number of anilines is 1. The number of para-hydroxylation sites is 1. The maximum Gasteiger partial charge on any atom is 0.273 e. The summed E-state index contributed by atoms with van der Waals surface area (Å²) in [7, 11) is 0. The summed E-state index contributed by atoms with van der Waals surface area (Å²) in [5.74, 6) is 0.134. The number of ether oxygens (including phenoxy) is 1. The zero-order valence-electron chi connectivity index (χ0n) is 9.52. The molecule has 2 rings (SSSR count). The van der Waals surface area contributed by atoms with Crippen LogP contribution in [-0.2, 0) is 6.42 Å². The second-order valence-corrected chi connectivity index (χ2v) is 4.03. The van der Waals surface area contributed by atoms with Crippen molar-refractivity contribution in [1.29, 1.82) is 0 Å². The molecule has 0 atom stereocenters. The fraction of sp³-hybridized carbons (Fsp3) is 0.167. The molecule has 0 aliphatic heterocycles. The lowest BCUT2D eigenvalue weighted by atomic mass is 10.1. The Hall–Kier alpha value is -2.01. The molecule has 0 amide bonds. The van der Waals surface area contributed by atoms with Gasteiger partial charge in [-0.2, -0.15) is 0 Å². The van der Waals surface area contributed by atoms with E-state index in [1.807, 2.05) is 24.3 Å². The first kappa shape index (κ1) is 12.4. The molecule has 1 heterocycles. The zero-order valence-corrected chi connectivity index (χ0v) is 10.3. The Morgan fingerprint density at radius 3 is 2.94 bits per heavy atom. The Bertz CT molecular complexity index is 598. The van der Waals surface area contributed by atoms with E-state index >= 15 is 0 Å². The van der Waals surface area contributed by atoms with Gasteiger partial charge in [0.25, 0.3) is 5.56 Å². The predicted octanol–water partition coefficient (Wildman–Crippen LogP) is 1.63. The van der Waals surface area contributed by atoms with Crippen LogP contribution >= 0.6 is 11.6 Å². The van der Waals surface area contributed by atoms with Crippen molar-refractivity contribution >= 4 is 17.3 Å². The number of halogens is 1. The largest absolute Gasteiger partial charge is 0.476 e. The van der Waals surface area contributed by atoms with E-state index in [0.29, 0.717) is 18.7 Å². The Labute approximate surface area is 109 Å². The van der Waals surface area contributed by atoms with Gasteiger partial charge in [-0.15, -0.1) is 0 Å². The molecule has 1 aromatic heterocycles. The van der Waals surface area contributed by atoms with Crippen LogP contribution in [0.15, 0.2) is 35.4 Å². The number of aromatic nitrogens is 2. The highest BCUT2D eigenvalue weighted by atomic mass is 35.5. The standard InChI is InChI=1S/C12H12ClN3O2/c13-10-11(17)15-7-16-12(10)18-6-5-8-3-1-2-4-9(8)14/h1-4,7H,5-6,14H2,(H,15,16,17). The molecule has 0 unspecified atom stereocenters. The van der Waals surface area contributed by atoms with E-state index in [2.05, 4.69) is 9.97 Å². The number of rotatable bonds is 4. The number of nitrogen functional groups attached to an aromatic ring is 1. The van der Waals surface area contributed by atoms with Crippen molar-refractivity contribution in [3.8, 4) is 5.88 Å². The Kier molecular flexibility index (Phi) is 3.84. The van der Waals surface area contributed by atoms with Crippen LogP contribution in [0.3, 0.4) is 0 Å². The maximum atomic E-state index is 11.2. The first-order chi connectivity index (χ1) is 8.68. The van der Waals surface area contributed by atoms with E-state index in [9.17, 15) is 4.79 Å². The first-order valence-electron chi connectivity index (χ1n) is 5.38. The van der Waals surface area contributed by atoms with Crippen molar-refractivity contribution in [2.24, 2.45) is 0 Å². The number of nitrogens with two attached hydrogens (primary N) is 1. The fourth-order valence-electron chi connectivity index (χ4n) is 1.49. The molecule has 0 saturated carbocycles. The van der Waals surface area contributed by atoms with Gasteiger partial charge in [0.2, 0.25) is 5.88 Å². The molecule has 0 bridgehead atoms. The molecular weight excluding hydrogens is 254 g/mol.